The minimum absolute atomic E-state index is 0.0116. The Labute approximate surface area is 208 Å². The summed E-state index contributed by atoms with van der Waals surface area (Å²) in [5.74, 6) is -0.490. The fraction of sp³-hybridized carbons (Fsp3) is 0.138. The summed E-state index contributed by atoms with van der Waals surface area (Å²) in [5.41, 5.74) is 3.10. The van der Waals surface area contributed by atoms with Crippen LogP contribution in [0.3, 0.4) is 0 Å². The summed E-state index contributed by atoms with van der Waals surface area (Å²) in [6.45, 7) is 4.04. The van der Waals surface area contributed by atoms with Gasteiger partial charge in [0.2, 0.25) is 0 Å². The Morgan fingerprint density at radius 1 is 0.972 bits per heavy atom. The van der Waals surface area contributed by atoms with E-state index in [9.17, 15) is 14.7 Å². The van der Waals surface area contributed by atoms with Crippen LogP contribution in [0.25, 0.3) is 5.76 Å². The monoisotopic (exact) mass is 480 g/mol. The maximum absolute atomic E-state index is 13.2. The third-order valence-corrected chi connectivity index (χ3v) is 6.08. The second-order valence-corrected chi connectivity index (χ2v) is 8.67. The number of hydrogen-bond acceptors (Lipinski definition) is 6. The van der Waals surface area contributed by atoms with Gasteiger partial charge in [0.15, 0.2) is 5.82 Å². The van der Waals surface area contributed by atoms with Crippen LogP contribution in [0.5, 0.6) is 5.75 Å². The molecule has 1 N–H and O–H groups in total. The molecule has 4 aromatic rings. The first-order chi connectivity index (χ1) is 17.4. The van der Waals surface area contributed by atoms with Gasteiger partial charge in [0.05, 0.1) is 11.6 Å². The quantitative estimate of drug-likeness (QED) is 0.223. The fourth-order valence-electron chi connectivity index (χ4n) is 4.21. The van der Waals surface area contributed by atoms with Crippen LogP contribution in [-0.2, 0) is 16.2 Å². The van der Waals surface area contributed by atoms with E-state index in [-0.39, 0.29) is 17.2 Å². The number of rotatable bonds is 6. The predicted molar refractivity (Wildman–Crippen MR) is 134 cm³/mol. The summed E-state index contributed by atoms with van der Waals surface area (Å²) in [6.07, 6.45) is 0. The molecule has 7 nitrogen and oxygen atoms in total. The Hall–Kier alpha value is -4.65. The van der Waals surface area contributed by atoms with Gasteiger partial charge in [0, 0.05) is 11.6 Å². The van der Waals surface area contributed by atoms with Crippen molar-refractivity contribution in [1.29, 1.82) is 0 Å². The van der Waals surface area contributed by atoms with Crippen LogP contribution in [0.1, 0.15) is 34.1 Å². The maximum atomic E-state index is 13.2. The zero-order valence-electron chi connectivity index (χ0n) is 19.8. The molecule has 0 unspecified atom stereocenters. The molecular weight excluding hydrogens is 456 g/mol. The minimum Gasteiger partial charge on any atom is -0.507 e. The molecule has 0 saturated carbocycles. The lowest BCUT2D eigenvalue weighted by atomic mass is 9.95. The molecule has 1 aliphatic heterocycles. The standard InChI is InChI=1S/C29H24N2O5/c1-18-8-10-22(11-9-18)27(32)25-26(31(29(34)28(25)33)24-16-19(2)36-30-24)21-12-14-23(15-13-21)35-17-20-6-4-3-5-7-20/h3-16,26,32H,17H2,1-2H3/t26-/m1/s1. The van der Waals surface area contributed by atoms with E-state index in [1.807, 2.05) is 49.4 Å². The predicted octanol–water partition coefficient (Wildman–Crippen LogP) is 5.50. The van der Waals surface area contributed by atoms with E-state index in [2.05, 4.69) is 5.16 Å². The number of amides is 1. The Kier molecular flexibility index (Phi) is 6.12. The fourth-order valence-corrected chi connectivity index (χ4v) is 4.21. The third-order valence-electron chi connectivity index (χ3n) is 6.08. The number of aryl methyl sites for hydroxylation is 2. The summed E-state index contributed by atoms with van der Waals surface area (Å²) in [6, 6.07) is 24.7. The number of carbonyl (C=O) groups is 2. The number of aliphatic hydroxyl groups is 1. The highest BCUT2D eigenvalue weighted by Gasteiger charge is 2.48. The molecule has 1 atom stereocenters. The Morgan fingerprint density at radius 2 is 1.67 bits per heavy atom. The first kappa shape index (κ1) is 23.1. The zero-order valence-corrected chi connectivity index (χ0v) is 19.8. The number of aliphatic hydroxyl groups excluding tert-OH is 1. The van der Waals surface area contributed by atoms with E-state index in [0.29, 0.717) is 29.2 Å². The van der Waals surface area contributed by atoms with E-state index in [4.69, 9.17) is 9.26 Å². The van der Waals surface area contributed by atoms with Gasteiger partial charge in [-0.25, -0.2) is 0 Å². The average Bonchev–Trinajstić information content (AvgIpc) is 3.44. The van der Waals surface area contributed by atoms with Crippen LogP contribution in [-0.4, -0.2) is 22.0 Å². The highest BCUT2D eigenvalue weighted by atomic mass is 16.5. The molecule has 1 fully saturated rings. The van der Waals surface area contributed by atoms with Gasteiger partial charge >= 0.3 is 5.91 Å². The highest BCUT2D eigenvalue weighted by molar-refractivity contribution is 6.51. The number of ether oxygens (including phenoxy) is 1. The molecule has 1 aromatic heterocycles. The van der Waals surface area contributed by atoms with Crippen molar-refractivity contribution in [3.05, 3.63) is 119 Å². The van der Waals surface area contributed by atoms with Gasteiger partial charge in [-0.15, -0.1) is 0 Å². The van der Waals surface area contributed by atoms with Gasteiger partial charge in [-0.2, -0.15) is 0 Å². The van der Waals surface area contributed by atoms with Crippen molar-refractivity contribution >= 4 is 23.3 Å². The number of Topliss-reactive ketones (excluding diaryl/α,β-unsaturated/α-hetero) is 1. The molecule has 3 aromatic carbocycles. The molecule has 0 bridgehead atoms. The summed E-state index contributed by atoms with van der Waals surface area (Å²) in [5, 5.41) is 15.1. The van der Waals surface area contributed by atoms with Crippen molar-refractivity contribution in [2.45, 2.75) is 26.5 Å². The lowest BCUT2D eigenvalue weighted by Gasteiger charge is -2.23. The molecule has 7 heteroatoms. The number of hydrogen-bond donors (Lipinski definition) is 1. The van der Waals surface area contributed by atoms with E-state index in [1.54, 1.807) is 49.4 Å². The van der Waals surface area contributed by atoms with Crippen molar-refractivity contribution in [3.63, 3.8) is 0 Å². The summed E-state index contributed by atoms with van der Waals surface area (Å²) in [7, 11) is 0. The normalized spacial score (nSPS) is 16.9. The van der Waals surface area contributed by atoms with Gasteiger partial charge in [-0.1, -0.05) is 77.5 Å². The van der Waals surface area contributed by atoms with E-state index in [0.717, 1.165) is 11.1 Å². The Morgan fingerprint density at radius 3 is 2.31 bits per heavy atom. The van der Waals surface area contributed by atoms with Gasteiger partial charge in [0.1, 0.15) is 23.9 Å². The second kappa shape index (κ2) is 9.54. The molecule has 0 aliphatic carbocycles. The van der Waals surface area contributed by atoms with Crippen molar-refractivity contribution in [2.24, 2.45) is 0 Å². The van der Waals surface area contributed by atoms with Crippen LogP contribution in [0, 0.1) is 13.8 Å². The molecule has 0 radical (unpaired) electrons. The number of nitrogens with zero attached hydrogens (tertiary/aromatic N) is 2. The molecular formula is C29H24N2O5. The SMILES string of the molecule is Cc1ccc(C(O)=C2C(=O)C(=O)N(c3cc(C)on3)[C@@H]2c2ccc(OCc3ccccc3)cc2)cc1. The first-order valence-corrected chi connectivity index (χ1v) is 11.5. The van der Waals surface area contributed by atoms with Crippen LogP contribution in [0.15, 0.2) is 95.0 Å². The number of carbonyl (C=O) groups excluding carboxylic acids is 2. The molecule has 36 heavy (non-hydrogen) atoms. The van der Waals surface area contributed by atoms with Crippen LogP contribution in [0.2, 0.25) is 0 Å². The Bertz CT molecular complexity index is 1440. The van der Waals surface area contributed by atoms with Gasteiger partial charge in [-0.3, -0.25) is 14.5 Å². The van der Waals surface area contributed by atoms with Crippen LogP contribution in [0.4, 0.5) is 5.82 Å². The second-order valence-electron chi connectivity index (χ2n) is 8.67. The summed E-state index contributed by atoms with van der Waals surface area (Å²) < 4.78 is 11.1. The van der Waals surface area contributed by atoms with Crippen molar-refractivity contribution < 1.29 is 24.0 Å². The molecule has 2 heterocycles. The number of aromatic nitrogens is 1. The first-order valence-electron chi connectivity index (χ1n) is 11.5. The van der Waals surface area contributed by atoms with Gasteiger partial charge in [0.25, 0.3) is 5.78 Å². The third kappa shape index (κ3) is 4.38. The van der Waals surface area contributed by atoms with Crippen molar-refractivity contribution in [2.75, 3.05) is 4.90 Å². The van der Waals surface area contributed by atoms with Gasteiger partial charge in [-0.05, 0) is 37.1 Å². The van der Waals surface area contributed by atoms with Crippen molar-refractivity contribution in [1.82, 2.24) is 5.16 Å². The maximum Gasteiger partial charge on any atom is 0.301 e. The summed E-state index contributed by atoms with van der Waals surface area (Å²) >= 11 is 0. The number of ketones is 1. The van der Waals surface area contributed by atoms with Crippen molar-refractivity contribution in [3.8, 4) is 5.75 Å². The van der Waals surface area contributed by atoms with Crippen LogP contribution >= 0.6 is 0 Å². The number of benzene rings is 3. The molecule has 1 saturated heterocycles. The number of anilines is 1. The van der Waals surface area contributed by atoms with E-state index in [1.165, 1.54) is 4.90 Å². The largest absolute Gasteiger partial charge is 0.507 e. The molecule has 0 spiro atoms. The lowest BCUT2D eigenvalue weighted by Crippen LogP contribution is -2.29. The molecule has 5 rings (SSSR count). The molecule has 180 valence electrons. The minimum atomic E-state index is -0.890. The average molecular weight is 481 g/mol. The molecule has 1 aliphatic rings. The van der Waals surface area contributed by atoms with E-state index >= 15 is 0 Å². The Balaban J connectivity index is 1.54. The van der Waals surface area contributed by atoms with Crippen LogP contribution < -0.4 is 9.64 Å². The van der Waals surface area contributed by atoms with Gasteiger partial charge < -0.3 is 14.4 Å². The topological polar surface area (TPSA) is 92.9 Å². The van der Waals surface area contributed by atoms with E-state index < -0.39 is 17.7 Å². The summed E-state index contributed by atoms with van der Waals surface area (Å²) in [4.78, 5) is 27.6. The highest BCUT2D eigenvalue weighted by Crippen LogP contribution is 2.42. The molecule has 1 amide bonds. The lowest BCUT2D eigenvalue weighted by molar-refractivity contribution is -0.132. The zero-order chi connectivity index (χ0) is 25.2. The smallest absolute Gasteiger partial charge is 0.301 e.